The van der Waals surface area contributed by atoms with Crippen LogP contribution in [0.15, 0.2) is 40.7 Å². The molecule has 1 atom stereocenters. The van der Waals surface area contributed by atoms with E-state index in [-0.39, 0.29) is 5.43 Å². The van der Waals surface area contributed by atoms with Gasteiger partial charge < -0.3 is 4.98 Å². The fourth-order valence-corrected chi connectivity index (χ4v) is 2.88. The normalized spacial score (nSPS) is 19.7. The van der Waals surface area contributed by atoms with Crippen LogP contribution in [0.4, 0.5) is 0 Å². The number of aromatic nitrogens is 1. The van der Waals surface area contributed by atoms with Crippen molar-refractivity contribution in [2.24, 2.45) is 0 Å². The zero-order valence-corrected chi connectivity index (χ0v) is 12.2. The van der Waals surface area contributed by atoms with Gasteiger partial charge >= 0.3 is 0 Å². The number of H-pyrrole nitrogens is 1. The number of aromatic amines is 1. The molecule has 20 heavy (non-hydrogen) atoms. The van der Waals surface area contributed by atoms with E-state index in [1.165, 1.54) is 24.8 Å². The molecule has 1 aliphatic carbocycles. The number of rotatable bonds is 4. The van der Waals surface area contributed by atoms with Gasteiger partial charge in [-0.15, -0.1) is 0 Å². The molecular formula is C18H21NO. The Morgan fingerprint density at radius 3 is 2.95 bits per heavy atom. The summed E-state index contributed by atoms with van der Waals surface area (Å²) >= 11 is 0. The average molecular weight is 267 g/mol. The molecule has 0 spiro atoms. The lowest BCUT2D eigenvalue weighted by molar-refractivity contribution is 0.813. The van der Waals surface area contributed by atoms with Gasteiger partial charge in [0.25, 0.3) is 0 Å². The smallest absolute Gasteiger partial charge is 0.192 e. The summed E-state index contributed by atoms with van der Waals surface area (Å²) in [4.78, 5) is 15.9. The fraction of sp³-hybridized carbons (Fsp3) is 0.389. The molecule has 2 nitrogen and oxygen atoms in total. The monoisotopic (exact) mass is 267 g/mol. The Morgan fingerprint density at radius 1 is 1.35 bits per heavy atom. The molecule has 1 heterocycles. The minimum Gasteiger partial charge on any atom is -0.357 e. The Hall–Kier alpha value is -1.83. The zero-order valence-electron chi connectivity index (χ0n) is 12.2. The minimum atomic E-state index is 0.175. The molecule has 0 aliphatic heterocycles. The van der Waals surface area contributed by atoms with E-state index in [1.807, 2.05) is 31.2 Å². The summed E-state index contributed by atoms with van der Waals surface area (Å²) in [6.45, 7) is 4.16. The molecule has 2 heteroatoms. The molecule has 1 saturated carbocycles. The van der Waals surface area contributed by atoms with Gasteiger partial charge in [0, 0.05) is 28.1 Å². The van der Waals surface area contributed by atoms with E-state index in [1.54, 1.807) is 0 Å². The number of pyridine rings is 1. The van der Waals surface area contributed by atoms with Crippen LogP contribution >= 0.6 is 0 Å². The summed E-state index contributed by atoms with van der Waals surface area (Å²) in [5, 5.41) is 0.797. The molecule has 1 N–H and O–H groups in total. The minimum absolute atomic E-state index is 0.175. The van der Waals surface area contributed by atoms with Crippen LogP contribution in [-0.2, 0) is 0 Å². The van der Waals surface area contributed by atoms with Crippen LogP contribution in [0.2, 0.25) is 0 Å². The van der Waals surface area contributed by atoms with E-state index in [0.717, 1.165) is 28.6 Å². The second kappa shape index (κ2) is 5.28. The average Bonchev–Trinajstić information content (AvgIpc) is 3.22. The number of nitrogens with one attached hydrogen (secondary N) is 1. The topological polar surface area (TPSA) is 32.9 Å². The van der Waals surface area contributed by atoms with Gasteiger partial charge in [0.15, 0.2) is 5.43 Å². The third kappa shape index (κ3) is 2.31. The van der Waals surface area contributed by atoms with E-state index in [4.69, 9.17) is 0 Å². The molecule has 0 bridgehead atoms. The summed E-state index contributed by atoms with van der Waals surface area (Å²) < 4.78 is 0. The Morgan fingerprint density at radius 2 is 2.15 bits per heavy atom. The lowest BCUT2D eigenvalue weighted by atomic mass is 10.1. The SMILES string of the molecule is CCCCC=C1CC1c1[nH]c2ccccc2c(=O)c1C. The zero-order chi connectivity index (χ0) is 14.1. The summed E-state index contributed by atoms with van der Waals surface area (Å²) in [7, 11) is 0. The third-order valence-corrected chi connectivity index (χ3v) is 4.23. The van der Waals surface area contributed by atoms with Crippen LogP contribution in [0.25, 0.3) is 10.9 Å². The maximum absolute atomic E-state index is 12.4. The number of fused-ring (bicyclic) bond motifs is 1. The Kier molecular flexibility index (Phi) is 3.47. The largest absolute Gasteiger partial charge is 0.357 e. The molecule has 0 amide bonds. The number of allylic oxidation sites excluding steroid dienone is 2. The molecular weight excluding hydrogens is 246 g/mol. The second-order valence-electron chi connectivity index (χ2n) is 5.72. The van der Waals surface area contributed by atoms with Crippen LogP contribution in [-0.4, -0.2) is 4.98 Å². The Bertz CT molecular complexity index is 724. The highest BCUT2D eigenvalue weighted by molar-refractivity contribution is 5.79. The van der Waals surface area contributed by atoms with Gasteiger partial charge in [-0.3, -0.25) is 4.79 Å². The number of hydrogen-bond acceptors (Lipinski definition) is 1. The molecule has 1 aromatic carbocycles. The molecule has 0 saturated heterocycles. The van der Waals surface area contributed by atoms with Gasteiger partial charge in [0.1, 0.15) is 0 Å². The molecule has 1 unspecified atom stereocenters. The summed E-state index contributed by atoms with van der Waals surface area (Å²) in [6, 6.07) is 7.78. The van der Waals surface area contributed by atoms with E-state index >= 15 is 0 Å². The van der Waals surface area contributed by atoms with E-state index in [0.29, 0.717) is 5.92 Å². The van der Waals surface area contributed by atoms with Crippen LogP contribution < -0.4 is 5.43 Å². The van der Waals surface area contributed by atoms with Crippen LogP contribution in [0.1, 0.15) is 49.8 Å². The van der Waals surface area contributed by atoms with E-state index < -0.39 is 0 Å². The highest BCUT2D eigenvalue weighted by Gasteiger charge is 2.33. The first-order valence-electron chi connectivity index (χ1n) is 7.52. The van der Waals surface area contributed by atoms with Crippen LogP contribution in [0.3, 0.4) is 0 Å². The number of para-hydroxylation sites is 1. The highest BCUT2D eigenvalue weighted by Crippen LogP contribution is 2.47. The van der Waals surface area contributed by atoms with Crippen molar-refractivity contribution >= 4 is 10.9 Å². The van der Waals surface area contributed by atoms with Crippen molar-refractivity contribution in [3.05, 3.63) is 57.4 Å². The standard InChI is InChI=1S/C18H21NO/c1-3-4-5-8-13-11-15(13)17-12(2)18(20)14-9-6-7-10-16(14)19-17/h6-10,15H,3-5,11H2,1-2H3,(H,19,20). The predicted molar refractivity (Wildman–Crippen MR) is 84.3 cm³/mol. The summed E-state index contributed by atoms with van der Waals surface area (Å²) in [5.74, 6) is 0.448. The van der Waals surface area contributed by atoms with Crippen molar-refractivity contribution in [3.8, 4) is 0 Å². The first kappa shape index (κ1) is 13.2. The highest BCUT2D eigenvalue weighted by atomic mass is 16.1. The lowest BCUT2D eigenvalue weighted by Gasteiger charge is -2.06. The Balaban J connectivity index is 1.96. The lowest BCUT2D eigenvalue weighted by Crippen LogP contribution is -2.10. The maximum atomic E-state index is 12.4. The van der Waals surface area contributed by atoms with Crippen molar-refractivity contribution in [3.63, 3.8) is 0 Å². The molecule has 2 aromatic rings. The van der Waals surface area contributed by atoms with Gasteiger partial charge in [-0.2, -0.15) is 0 Å². The molecule has 1 fully saturated rings. The van der Waals surface area contributed by atoms with Gasteiger partial charge in [-0.1, -0.05) is 43.5 Å². The van der Waals surface area contributed by atoms with Crippen LogP contribution in [0, 0.1) is 6.92 Å². The molecule has 104 valence electrons. The van der Waals surface area contributed by atoms with Crippen molar-refractivity contribution < 1.29 is 0 Å². The molecule has 0 radical (unpaired) electrons. The molecule has 1 aromatic heterocycles. The number of hydrogen-bond donors (Lipinski definition) is 1. The summed E-state index contributed by atoms with van der Waals surface area (Å²) in [6.07, 6.45) is 7.13. The van der Waals surface area contributed by atoms with Crippen LogP contribution in [0.5, 0.6) is 0 Å². The van der Waals surface area contributed by atoms with Gasteiger partial charge in [-0.05, 0) is 31.9 Å². The van der Waals surface area contributed by atoms with E-state index in [9.17, 15) is 4.79 Å². The van der Waals surface area contributed by atoms with Gasteiger partial charge in [0.05, 0.1) is 0 Å². The van der Waals surface area contributed by atoms with Gasteiger partial charge in [-0.25, -0.2) is 0 Å². The van der Waals surface area contributed by atoms with Crippen molar-refractivity contribution in [1.82, 2.24) is 4.98 Å². The number of unbranched alkanes of at least 4 members (excludes halogenated alkanes) is 2. The summed E-state index contributed by atoms with van der Waals surface area (Å²) in [5.41, 5.74) is 4.63. The fourth-order valence-electron chi connectivity index (χ4n) is 2.88. The van der Waals surface area contributed by atoms with E-state index in [2.05, 4.69) is 18.0 Å². The maximum Gasteiger partial charge on any atom is 0.192 e. The quantitative estimate of drug-likeness (QED) is 0.644. The molecule has 1 aliphatic rings. The van der Waals surface area contributed by atoms with Crippen molar-refractivity contribution in [2.45, 2.75) is 45.4 Å². The molecule has 3 rings (SSSR count). The first-order valence-corrected chi connectivity index (χ1v) is 7.52. The Labute approximate surface area is 119 Å². The van der Waals surface area contributed by atoms with Crippen molar-refractivity contribution in [1.29, 1.82) is 0 Å². The number of benzene rings is 1. The second-order valence-corrected chi connectivity index (χ2v) is 5.72. The van der Waals surface area contributed by atoms with Gasteiger partial charge in [0.2, 0.25) is 0 Å². The van der Waals surface area contributed by atoms with Crippen molar-refractivity contribution in [2.75, 3.05) is 0 Å². The third-order valence-electron chi connectivity index (χ3n) is 4.23. The predicted octanol–water partition coefficient (Wildman–Crippen LogP) is 4.44. The first-order chi connectivity index (χ1) is 9.72.